The Labute approximate surface area is 149 Å². The summed E-state index contributed by atoms with van der Waals surface area (Å²) < 4.78 is 80.0. The van der Waals surface area contributed by atoms with E-state index in [0.717, 1.165) is 4.90 Å². The van der Waals surface area contributed by atoms with Gasteiger partial charge in [0.25, 0.3) is 6.50 Å². The van der Waals surface area contributed by atoms with Gasteiger partial charge in [0.1, 0.15) is 21.9 Å². The monoisotopic (exact) mass is 322 g/mol. The highest BCUT2D eigenvalue weighted by molar-refractivity contribution is 5.87. The van der Waals surface area contributed by atoms with Crippen molar-refractivity contribution in [1.29, 1.82) is 0 Å². The maximum absolute atomic E-state index is 12.6. The Morgan fingerprint density at radius 3 is 3.48 bits per heavy atom. The third kappa shape index (κ3) is 2.84. The normalized spacial score (nSPS) is 32.5. The van der Waals surface area contributed by atoms with Crippen LogP contribution >= 0.6 is 0 Å². The molecule has 3 heterocycles. The molecule has 0 bridgehead atoms. The average molecular weight is 322 g/mol. The van der Waals surface area contributed by atoms with E-state index in [4.69, 9.17) is 20.3 Å². The van der Waals surface area contributed by atoms with Gasteiger partial charge < -0.3 is 19.6 Å². The van der Waals surface area contributed by atoms with Crippen LogP contribution in [-0.4, -0.2) is 58.4 Å². The predicted molar refractivity (Wildman–Crippen MR) is 87.9 cm³/mol. The van der Waals surface area contributed by atoms with Crippen LogP contribution in [0.3, 0.4) is 0 Å². The molecule has 0 spiro atoms. The first-order valence-corrected chi connectivity index (χ1v) is 6.82. The average Bonchev–Trinajstić information content (AvgIpc) is 3.15. The number of anilines is 1. The summed E-state index contributed by atoms with van der Waals surface area (Å²) in [6.07, 6.45) is 0.376. The van der Waals surface area contributed by atoms with E-state index in [9.17, 15) is 4.79 Å². The molecule has 2 atom stereocenters. The minimum absolute atomic E-state index is 0.122. The molecule has 7 heteroatoms. The molecule has 1 N–H and O–H groups in total. The maximum Gasteiger partial charge on any atom is 0.302 e. The molecular formula is C16H20N6O. The number of H-pyrrole nitrogens is 1. The van der Waals surface area contributed by atoms with E-state index >= 15 is 0 Å². The van der Waals surface area contributed by atoms with Gasteiger partial charge in [0.15, 0.2) is 0 Å². The molecule has 120 valence electrons. The molecule has 2 aromatic rings. The van der Waals surface area contributed by atoms with Crippen molar-refractivity contribution < 1.29 is 18.5 Å². The number of nitrogens with one attached hydrogen (secondary N) is 1. The van der Waals surface area contributed by atoms with Crippen LogP contribution in [0, 0.1) is 12.5 Å². The van der Waals surface area contributed by atoms with Gasteiger partial charge in [-0.15, -0.1) is 0 Å². The number of likely N-dealkylation sites (tertiary alicyclic amines) is 1. The van der Waals surface area contributed by atoms with Gasteiger partial charge in [-0.3, -0.25) is 4.79 Å². The first-order chi connectivity index (χ1) is 15.0. The quantitative estimate of drug-likeness (QED) is 0.871. The number of fused-ring (bicyclic) bond motifs is 1. The van der Waals surface area contributed by atoms with E-state index in [-0.39, 0.29) is 23.4 Å². The molecule has 0 radical (unpaired) electrons. The standard InChI is InChI=1S/C16H20N6O/c1-11-5-7-22(14(23)8-17-2)9-13(11)21(3)16-12-4-6-18-15(12)19-10-20-16/h4,6,10-11,13H,5,7-9H2,1,3H3,(H,18,19,20)/t11-,13+/m1/s1/i1D3,3D3,8D2,10D,11D. The second-order valence-corrected chi connectivity index (χ2v) is 5.02. The number of aromatic nitrogens is 3. The van der Waals surface area contributed by atoms with Crippen molar-refractivity contribution in [3.8, 4) is 0 Å². The highest BCUT2D eigenvalue weighted by atomic mass is 16.2. The highest BCUT2D eigenvalue weighted by Crippen LogP contribution is 2.28. The Morgan fingerprint density at radius 1 is 1.78 bits per heavy atom. The fraction of sp³-hybridized carbons (Fsp3) is 0.500. The van der Waals surface area contributed by atoms with E-state index in [2.05, 4.69) is 19.8 Å². The Balaban J connectivity index is 2.22. The Bertz CT molecular complexity index is 1110. The molecule has 0 aliphatic carbocycles. The van der Waals surface area contributed by atoms with Crippen LogP contribution in [0.2, 0.25) is 0 Å². The maximum atomic E-state index is 12.6. The molecule has 1 aliphatic rings. The van der Waals surface area contributed by atoms with Crippen molar-refractivity contribution in [2.75, 3.05) is 31.5 Å². The smallest absolute Gasteiger partial charge is 0.302 e. The Morgan fingerprint density at radius 2 is 2.70 bits per heavy atom. The van der Waals surface area contributed by atoms with Gasteiger partial charge >= 0.3 is 5.91 Å². The third-order valence-electron chi connectivity index (χ3n) is 3.71. The number of amides is 1. The molecule has 0 saturated carbocycles. The molecule has 2 aromatic heterocycles. The largest absolute Gasteiger partial charge is 0.354 e. The number of hydrogen-bond acceptors (Lipinski definition) is 4. The molecule has 23 heavy (non-hydrogen) atoms. The summed E-state index contributed by atoms with van der Waals surface area (Å²) in [6.45, 7) is -3.05. The van der Waals surface area contributed by atoms with E-state index in [1.54, 1.807) is 0 Å². The summed E-state index contributed by atoms with van der Waals surface area (Å²) in [7, 11) is 0. The SMILES string of the molecule is [2H]c1nc(N([C@H]2CN(C(=O)C([2H])([2H])[N+]#[C-])CC[C@@]2([2H])C([2H])([2H])[2H])C([2H])([2H])[2H])c2cc[nH]c2n1. The van der Waals surface area contributed by atoms with E-state index in [1.165, 1.54) is 12.3 Å². The predicted octanol–water partition coefficient (Wildman–Crippen LogP) is 1.55. The van der Waals surface area contributed by atoms with Gasteiger partial charge in [-0.05, 0) is 18.4 Å². The third-order valence-corrected chi connectivity index (χ3v) is 3.71. The van der Waals surface area contributed by atoms with Crippen LogP contribution in [0.4, 0.5) is 5.82 Å². The van der Waals surface area contributed by atoms with Crippen molar-refractivity contribution in [3.63, 3.8) is 0 Å². The molecule has 0 unspecified atom stereocenters. The topological polar surface area (TPSA) is 69.5 Å². The molecule has 1 aliphatic heterocycles. The number of aromatic amines is 1. The van der Waals surface area contributed by atoms with Crippen molar-refractivity contribution in [2.24, 2.45) is 5.89 Å². The second kappa shape index (κ2) is 6.24. The number of piperidine rings is 1. The molecule has 1 amide bonds. The molecule has 7 nitrogen and oxygen atoms in total. The molecule has 1 fully saturated rings. The summed E-state index contributed by atoms with van der Waals surface area (Å²) >= 11 is 0. The second-order valence-electron chi connectivity index (χ2n) is 5.02. The molecule has 0 aromatic carbocycles. The number of carbonyl (C=O) groups excluding carboxylic acids is 1. The molecule has 1 saturated heterocycles. The number of rotatable bonds is 3. The zero-order valence-electron chi connectivity index (χ0n) is 22.0. The first kappa shape index (κ1) is 7.30. The lowest BCUT2D eigenvalue weighted by molar-refractivity contribution is -0.130. The number of likely N-dealkylation sites (N-methyl/N-ethyl adjacent to an activating group) is 1. The van der Waals surface area contributed by atoms with E-state index < -0.39 is 57.4 Å². The van der Waals surface area contributed by atoms with Crippen molar-refractivity contribution in [2.45, 2.75) is 19.3 Å². The van der Waals surface area contributed by atoms with Crippen molar-refractivity contribution in [1.82, 2.24) is 19.9 Å². The van der Waals surface area contributed by atoms with Crippen LogP contribution in [-0.2, 0) is 4.79 Å². The van der Waals surface area contributed by atoms with Crippen LogP contribution < -0.4 is 4.90 Å². The molecular weight excluding hydrogens is 292 g/mol. The summed E-state index contributed by atoms with van der Waals surface area (Å²) in [5.74, 6) is -3.96. The number of nitrogens with zero attached hydrogens (tertiary/aromatic N) is 5. The number of carbonyl (C=O) groups is 1. The van der Waals surface area contributed by atoms with Crippen LogP contribution in [0.1, 0.15) is 27.0 Å². The summed E-state index contributed by atoms with van der Waals surface area (Å²) in [5, 5.41) is 0.162. The lowest BCUT2D eigenvalue weighted by Gasteiger charge is -2.41. The van der Waals surface area contributed by atoms with E-state index in [0.29, 0.717) is 4.90 Å². The number of hydrogen-bond donors (Lipinski definition) is 1. The van der Waals surface area contributed by atoms with Gasteiger partial charge in [-0.1, -0.05) is 6.85 Å². The fourth-order valence-corrected chi connectivity index (χ4v) is 2.52. The van der Waals surface area contributed by atoms with Gasteiger partial charge in [-0.2, -0.15) is 0 Å². The first-order valence-electron chi connectivity index (χ1n) is 11.8. The Hall–Kier alpha value is -2.62. The van der Waals surface area contributed by atoms with Gasteiger partial charge in [0, 0.05) is 35.9 Å². The zero-order valence-corrected chi connectivity index (χ0v) is 12.0. The summed E-state index contributed by atoms with van der Waals surface area (Å²) in [5.41, 5.74) is 0.122. The summed E-state index contributed by atoms with van der Waals surface area (Å²) in [4.78, 5) is 27.2. The minimum Gasteiger partial charge on any atom is -0.354 e. The van der Waals surface area contributed by atoms with Crippen molar-refractivity contribution >= 4 is 22.8 Å². The zero-order chi connectivity index (χ0) is 25.0. The van der Waals surface area contributed by atoms with Crippen LogP contribution in [0.5, 0.6) is 0 Å². The highest BCUT2D eigenvalue weighted by Gasteiger charge is 2.33. The van der Waals surface area contributed by atoms with Gasteiger partial charge in [0.05, 0.1) is 11.4 Å². The lowest BCUT2D eigenvalue weighted by Crippen LogP contribution is -2.53. The van der Waals surface area contributed by atoms with Crippen LogP contribution in [0.15, 0.2) is 18.6 Å². The lowest BCUT2D eigenvalue weighted by atomic mass is 9.92. The molecule has 3 rings (SSSR count). The summed E-state index contributed by atoms with van der Waals surface area (Å²) in [6, 6.07) is -0.267. The fourth-order valence-electron chi connectivity index (χ4n) is 2.52. The van der Waals surface area contributed by atoms with E-state index in [1.807, 2.05) is 0 Å². The Kier molecular flexibility index (Phi) is 1.98. The van der Waals surface area contributed by atoms with Gasteiger partial charge in [-0.25, -0.2) is 16.5 Å². The van der Waals surface area contributed by atoms with Crippen molar-refractivity contribution in [3.05, 3.63) is 30.0 Å². The van der Waals surface area contributed by atoms with Gasteiger partial charge in [0.2, 0.25) is 0 Å². The van der Waals surface area contributed by atoms with Crippen LogP contribution in [0.25, 0.3) is 15.9 Å². The minimum atomic E-state index is -3.06.